The third kappa shape index (κ3) is 2.57. The van der Waals surface area contributed by atoms with E-state index in [1.165, 1.54) is 11.1 Å². The molecule has 1 N–H and O–H groups in total. The molecule has 0 bridgehead atoms. The number of nitrogens with zero attached hydrogens (tertiary/aromatic N) is 1. The van der Waals surface area contributed by atoms with Crippen LogP contribution < -0.4 is 5.43 Å². The van der Waals surface area contributed by atoms with Crippen molar-refractivity contribution in [2.75, 3.05) is 6.54 Å². The number of rotatable bonds is 2. The van der Waals surface area contributed by atoms with Crippen LogP contribution in [-0.2, 0) is 11.3 Å². The lowest BCUT2D eigenvalue weighted by Crippen LogP contribution is -2.46. The number of hydrazine groups is 1. The molecule has 1 aliphatic heterocycles. The quantitative estimate of drug-likeness (QED) is 0.794. The van der Waals surface area contributed by atoms with E-state index in [1.807, 2.05) is 0 Å². The molecule has 3 nitrogen and oxygen atoms in total. The second-order valence-electron chi connectivity index (χ2n) is 3.98. The molecule has 1 fully saturated rings. The Labute approximate surface area is 90.1 Å². The Balaban J connectivity index is 2.01. The summed E-state index contributed by atoms with van der Waals surface area (Å²) in [5, 5.41) is 1.72. The molecule has 1 aliphatic rings. The van der Waals surface area contributed by atoms with E-state index in [9.17, 15) is 4.79 Å². The monoisotopic (exact) mass is 204 g/mol. The lowest BCUT2D eigenvalue weighted by atomic mass is 10.1. The number of hydrogen-bond acceptors (Lipinski definition) is 2. The lowest BCUT2D eigenvalue weighted by Gasteiger charge is -2.27. The number of nitrogens with one attached hydrogen (secondary N) is 1. The van der Waals surface area contributed by atoms with Crippen molar-refractivity contribution in [3.8, 4) is 0 Å². The van der Waals surface area contributed by atoms with Crippen LogP contribution in [0.2, 0.25) is 0 Å². The molecular weight excluding hydrogens is 188 g/mol. The maximum Gasteiger partial charge on any atom is 0.237 e. The maximum atomic E-state index is 11.5. The summed E-state index contributed by atoms with van der Waals surface area (Å²) < 4.78 is 0. The van der Waals surface area contributed by atoms with Crippen molar-refractivity contribution in [1.82, 2.24) is 10.4 Å². The Hall–Kier alpha value is -1.35. The topological polar surface area (TPSA) is 32.3 Å². The number of amides is 1. The number of carbonyl (C=O) groups excluding carboxylic acids is 1. The largest absolute Gasteiger partial charge is 0.274 e. The van der Waals surface area contributed by atoms with Crippen molar-refractivity contribution in [1.29, 1.82) is 0 Å². The van der Waals surface area contributed by atoms with Crippen molar-refractivity contribution in [2.45, 2.75) is 26.3 Å². The highest BCUT2D eigenvalue weighted by Gasteiger charge is 2.17. The molecule has 1 saturated heterocycles. The van der Waals surface area contributed by atoms with Crippen LogP contribution in [0.4, 0.5) is 0 Å². The van der Waals surface area contributed by atoms with Crippen molar-refractivity contribution in [3.05, 3.63) is 35.4 Å². The molecule has 1 aromatic rings. The Bertz CT molecular complexity index is 345. The van der Waals surface area contributed by atoms with Gasteiger partial charge in [0.15, 0.2) is 0 Å². The van der Waals surface area contributed by atoms with Crippen LogP contribution in [-0.4, -0.2) is 17.5 Å². The Kier molecular flexibility index (Phi) is 3.02. The van der Waals surface area contributed by atoms with Crippen LogP contribution in [0.3, 0.4) is 0 Å². The summed E-state index contributed by atoms with van der Waals surface area (Å²) in [6.07, 6.45) is 1.61. The molecule has 0 saturated carbocycles. The van der Waals surface area contributed by atoms with Gasteiger partial charge in [0.2, 0.25) is 5.91 Å². The predicted molar refractivity (Wildman–Crippen MR) is 59.0 cm³/mol. The van der Waals surface area contributed by atoms with E-state index in [2.05, 4.69) is 36.6 Å². The van der Waals surface area contributed by atoms with Crippen molar-refractivity contribution >= 4 is 5.91 Å². The molecule has 80 valence electrons. The van der Waals surface area contributed by atoms with Gasteiger partial charge < -0.3 is 0 Å². The van der Waals surface area contributed by atoms with E-state index in [0.717, 1.165) is 13.0 Å². The molecule has 1 heterocycles. The van der Waals surface area contributed by atoms with Crippen molar-refractivity contribution in [3.63, 3.8) is 0 Å². The molecule has 0 spiro atoms. The molecule has 0 aromatic heterocycles. The first-order chi connectivity index (χ1) is 7.25. The fourth-order valence-electron chi connectivity index (χ4n) is 1.70. The fraction of sp³-hybridized carbons (Fsp3) is 0.417. The molecule has 0 aliphatic carbocycles. The summed E-state index contributed by atoms with van der Waals surface area (Å²) in [5.74, 6) is 0.196. The molecular formula is C12H16N2O. The van der Waals surface area contributed by atoms with Gasteiger partial charge in [0, 0.05) is 13.0 Å². The van der Waals surface area contributed by atoms with E-state index >= 15 is 0 Å². The predicted octanol–water partition coefficient (Wildman–Crippen LogP) is 1.62. The van der Waals surface area contributed by atoms with Gasteiger partial charge in [0.1, 0.15) is 0 Å². The van der Waals surface area contributed by atoms with Crippen LogP contribution in [0.1, 0.15) is 24.0 Å². The molecule has 3 heteroatoms. The second kappa shape index (κ2) is 4.45. The van der Waals surface area contributed by atoms with Gasteiger partial charge >= 0.3 is 0 Å². The van der Waals surface area contributed by atoms with E-state index in [0.29, 0.717) is 13.0 Å². The van der Waals surface area contributed by atoms with Gasteiger partial charge in [-0.05, 0) is 18.9 Å². The van der Waals surface area contributed by atoms with Crippen LogP contribution in [0, 0.1) is 6.92 Å². The first kappa shape index (κ1) is 10.2. The molecule has 1 aromatic carbocycles. The summed E-state index contributed by atoms with van der Waals surface area (Å²) in [4.78, 5) is 11.5. The molecule has 15 heavy (non-hydrogen) atoms. The van der Waals surface area contributed by atoms with Gasteiger partial charge in [-0.2, -0.15) is 0 Å². The summed E-state index contributed by atoms with van der Waals surface area (Å²) in [6.45, 7) is 3.63. The minimum Gasteiger partial charge on any atom is -0.274 e. The van der Waals surface area contributed by atoms with Crippen LogP contribution in [0.25, 0.3) is 0 Å². The Morgan fingerprint density at radius 2 is 2.07 bits per heavy atom. The minimum atomic E-state index is 0.196. The van der Waals surface area contributed by atoms with E-state index in [1.54, 1.807) is 5.01 Å². The third-order valence-electron chi connectivity index (χ3n) is 2.63. The van der Waals surface area contributed by atoms with Gasteiger partial charge in [0.05, 0.1) is 6.54 Å². The van der Waals surface area contributed by atoms with Gasteiger partial charge in [-0.3, -0.25) is 9.80 Å². The normalized spacial score (nSPS) is 16.9. The summed E-state index contributed by atoms with van der Waals surface area (Å²) >= 11 is 0. The SMILES string of the molecule is Cc1ccc(CN2NCCCC2=O)cc1. The number of hydrogen-bond donors (Lipinski definition) is 1. The Morgan fingerprint density at radius 1 is 1.33 bits per heavy atom. The highest BCUT2D eigenvalue weighted by atomic mass is 16.2. The summed E-state index contributed by atoms with van der Waals surface area (Å²) in [7, 11) is 0. The minimum absolute atomic E-state index is 0.196. The number of carbonyl (C=O) groups is 1. The first-order valence-corrected chi connectivity index (χ1v) is 5.35. The number of benzene rings is 1. The van der Waals surface area contributed by atoms with Gasteiger partial charge in [-0.1, -0.05) is 29.8 Å². The van der Waals surface area contributed by atoms with Gasteiger partial charge in [-0.25, -0.2) is 5.43 Å². The number of aryl methyl sites for hydroxylation is 1. The fourth-order valence-corrected chi connectivity index (χ4v) is 1.70. The Morgan fingerprint density at radius 3 is 2.73 bits per heavy atom. The summed E-state index contributed by atoms with van der Waals surface area (Å²) in [5.41, 5.74) is 5.53. The van der Waals surface area contributed by atoms with Crippen molar-refractivity contribution in [2.24, 2.45) is 0 Å². The highest BCUT2D eigenvalue weighted by molar-refractivity contribution is 5.76. The first-order valence-electron chi connectivity index (χ1n) is 5.35. The van der Waals surface area contributed by atoms with Gasteiger partial charge in [0.25, 0.3) is 0 Å². The lowest BCUT2D eigenvalue weighted by molar-refractivity contribution is -0.137. The average molecular weight is 204 g/mol. The average Bonchev–Trinajstić information content (AvgIpc) is 2.25. The second-order valence-corrected chi connectivity index (χ2v) is 3.98. The molecule has 2 rings (SSSR count). The van der Waals surface area contributed by atoms with E-state index < -0.39 is 0 Å². The van der Waals surface area contributed by atoms with E-state index in [4.69, 9.17) is 0 Å². The zero-order valence-electron chi connectivity index (χ0n) is 8.99. The standard InChI is InChI=1S/C12H16N2O/c1-10-4-6-11(7-5-10)9-14-12(15)3-2-8-13-14/h4-7,13H,2-3,8-9H2,1H3. The molecule has 0 radical (unpaired) electrons. The van der Waals surface area contributed by atoms with E-state index in [-0.39, 0.29) is 5.91 Å². The van der Waals surface area contributed by atoms with Crippen LogP contribution in [0.5, 0.6) is 0 Å². The highest BCUT2D eigenvalue weighted by Crippen LogP contribution is 2.09. The smallest absolute Gasteiger partial charge is 0.237 e. The molecule has 1 amide bonds. The van der Waals surface area contributed by atoms with Gasteiger partial charge in [-0.15, -0.1) is 0 Å². The summed E-state index contributed by atoms with van der Waals surface area (Å²) in [6, 6.07) is 8.28. The van der Waals surface area contributed by atoms with Crippen molar-refractivity contribution < 1.29 is 4.79 Å². The van der Waals surface area contributed by atoms with Crippen LogP contribution in [0.15, 0.2) is 24.3 Å². The third-order valence-corrected chi connectivity index (χ3v) is 2.63. The molecule has 0 atom stereocenters. The molecule has 0 unspecified atom stereocenters. The van der Waals surface area contributed by atoms with Crippen LogP contribution >= 0.6 is 0 Å². The zero-order chi connectivity index (χ0) is 10.7. The zero-order valence-corrected chi connectivity index (χ0v) is 8.99. The maximum absolute atomic E-state index is 11.5.